The standard InChI is InChI=1S/C10H10N4O2/c11-3-7-1-2-9(12-4-7)14-6-8(5-13-14)10(15)16/h1-2,4-6H,3,11H2,(H,15,16). The van der Waals surface area contributed by atoms with Crippen LogP contribution >= 0.6 is 0 Å². The molecule has 2 rings (SSSR count). The molecule has 0 radical (unpaired) electrons. The minimum atomic E-state index is -1.01. The van der Waals surface area contributed by atoms with E-state index < -0.39 is 5.97 Å². The Labute approximate surface area is 91.3 Å². The second-order valence-electron chi connectivity index (χ2n) is 3.21. The Balaban J connectivity index is 2.31. The molecule has 0 aliphatic heterocycles. The van der Waals surface area contributed by atoms with Gasteiger partial charge in [-0.25, -0.2) is 14.5 Å². The lowest BCUT2D eigenvalue weighted by Gasteiger charge is -2.00. The lowest BCUT2D eigenvalue weighted by molar-refractivity contribution is 0.0697. The van der Waals surface area contributed by atoms with E-state index in [1.165, 1.54) is 17.1 Å². The van der Waals surface area contributed by atoms with Gasteiger partial charge in [-0.1, -0.05) is 6.07 Å². The summed E-state index contributed by atoms with van der Waals surface area (Å²) in [6.07, 6.45) is 4.32. The molecule has 0 unspecified atom stereocenters. The molecule has 3 N–H and O–H groups in total. The van der Waals surface area contributed by atoms with Gasteiger partial charge in [-0.05, 0) is 11.6 Å². The first-order valence-electron chi connectivity index (χ1n) is 4.64. The summed E-state index contributed by atoms with van der Waals surface area (Å²) in [5, 5.41) is 12.6. The van der Waals surface area contributed by atoms with Crippen LogP contribution in [0, 0.1) is 0 Å². The van der Waals surface area contributed by atoms with Crippen LogP contribution in [0.5, 0.6) is 0 Å². The van der Waals surface area contributed by atoms with E-state index in [9.17, 15) is 4.79 Å². The topological polar surface area (TPSA) is 94.0 Å². The largest absolute Gasteiger partial charge is 0.478 e. The number of carbonyl (C=O) groups is 1. The molecule has 0 aliphatic carbocycles. The monoisotopic (exact) mass is 218 g/mol. The molecule has 0 saturated carbocycles. The highest BCUT2D eigenvalue weighted by atomic mass is 16.4. The number of aromatic carboxylic acids is 1. The number of nitrogens with two attached hydrogens (primary N) is 1. The molecule has 2 heterocycles. The molecule has 2 aromatic heterocycles. The van der Waals surface area contributed by atoms with E-state index in [1.807, 2.05) is 6.07 Å². The summed E-state index contributed by atoms with van der Waals surface area (Å²) >= 11 is 0. The summed E-state index contributed by atoms with van der Waals surface area (Å²) in [5.74, 6) is -0.450. The predicted molar refractivity (Wildman–Crippen MR) is 56.2 cm³/mol. The van der Waals surface area contributed by atoms with Crippen LogP contribution in [-0.2, 0) is 6.54 Å². The molecular weight excluding hydrogens is 208 g/mol. The van der Waals surface area contributed by atoms with Crippen LogP contribution in [0.4, 0.5) is 0 Å². The van der Waals surface area contributed by atoms with Gasteiger partial charge in [-0.3, -0.25) is 0 Å². The fourth-order valence-corrected chi connectivity index (χ4v) is 1.23. The van der Waals surface area contributed by atoms with Gasteiger partial charge in [0.2, 0.25) is 0 Å². The highest BCUT2D eigenvalue weighted by Gasteiger charge is 2.07. The maximum absolute atomic E-state index is 10.7. The van der Waals surface area contributed by atoms with E-state index in [1.54, 1.807) is 12.3 Å². The van der Waals surface area contributed by atoms with Gasteiger partial charge in [-0.15, -0.1) is 0 Å². The molecule has 0 fully saturated rings. The zero-order valence-corrected chi connectivity index (χ0v) is 8.37. The van der Waals surface area contributed by atoms with Crippen molar-refractivity contribution < 1.29 is 9.90 Å². The highest BCUT2D eigenvalue weighted by Crippen LogP contribution is 2.06. The van der Waals surface area contributed by atoms with Gasteiger partial charge < -0.3 is 10.8 Å². The first-order chi connectivity index (χ1) is 7.70. The average molecular weight is 218 g/mol. The third-order valence-corrected chi connectivity index (χ3v) is 2.11. The minimum Gasteiger partial charge on any atom is -0.478 e. The second-order valence-corrected chi connectivity index (χ2v) is 3.21. The van der Waals surface area contributed by atoms with E-state index in [-0.39, 0.29) is 5.56 Å². The van der Waals surface area contributed by atoms with E-state index in [0.717, 1.165) is 5.56 Å². The smallest absolute Gasteiger partial charge is 0.338 e. The van der Waals surface area contributed by atoms with Gasteiger partial charge in [-0.2, -0.15) is 5.10 Å². The molecule has 0 spiro atoms. The van der Waals surface area contributed by atoms with Crippen molar-refractivity contribution in [2.24, 2.45) is 5.73 Å². The number of hydrogen-bond acceptors (Lipinski definition) is 4. The van der Waals surface area contributed by atoms with Crippen molar-refractivity contribution in [3.05, 3.63) is 41.9 Å². The molecule has 6 heteroatoms. The van der Waals surface area contributed by atoms with Crippen molar-refractivity contribution in [2.45, 2.75) is 6.54 Å². The van der Waals surface area contributed by atoms with Crippen molar-refractivity contribution in [2.75, 3.05) is 0 Å². The number of pyridine rings is 1. The molecular formula is C10H10N4O2. The van der Waals surface area contributed by atoms with Gasteiger partial charge in [0.15, 0.2) is 5.82 Å². The third-order valence-electron chi connectivity index (χ3n) is 2.11. The molecule has 6 nitrogen and oxygen atoms in total. The van der Waals surface area contributed by atoms with Crippen molar-refractivity contribution >= 4 is 5.97 Å². The van der Waals surface area contributed by atoms with Crippen LogP contribution < -0.4 is 5.73 Å². The van der Waals surface area contributed by atoms with Gasteiger partial charge in [0, 0.05) is 18.9 Å². The predicted octanol–water partition coefficient (Wildman–Crippen LogP) is 0.424. The lowest BCUT2D eigenvalue weighted by Crippen LogP contribution is -2.01. The summed E-state index contributed by atoms with van der Waals surface area (Å²) in [5.41, 5.74) is 6.48. The zero-order chi connectivity index (χ0) is 11.5. The number of hydrogen-bond donors (Lipinski definition) is 2. The summed E-state index contributed by atoms with van der Waals surface area (Å²) in [6, 6.07) is 3.56. The maximum Gasteiger partial charge on any atom is 0.338 e. The normalized spacial score (nSPS) is 10.3. The maximum atomic E-state index is 10.7. The molecule has 0 aromatic carbocycles. The number of carboxylic acid groups (broad SMARTS) is 1. The van der Waals surface area contributed by atoms with Crippen molar-refractivity contribution in [3.63, 3.8) is 0 Å². The van der Waals surface area contributed by atoms with Crippen LogP contribution in [0.1, 0.15) is 15.9 Å². The molecule has 0 atom stereocenters. The Morgan fingerprint density at radius 2 is 2.25 bits per heavy atom. The Morgan fingerprint density at radius 3 is 2.75 bits per heavy atom. The van der Waals surface area contributed by atoms with Gasteiger partial charge in [0.05, 0.1) is 11.8 Å². The second kappa shape index (κ2) is 4.11. The summed E-state index contributed by atoms with van der Waals surface area (Å²) < 4.78 is 1.41. The third kappa shape index (κ3) is 1.91. The van der Waals surface area contributed by atoms with Gasteiger partial charge in [0.1, 0.15) is 0 Å². The van der Waals surface area contributed by atoms with Gasteiger partial charge in [0.25, 0.3) is 0 Å². The van der Waals surface area contributed by atoms with Crippen LogP contribution in [-0.4, -0.2) is 25.8 Å². The van der Waals surface area contributed by atoms with Crippen molar-refractivity contribution in [3.8, 4) is 5.82 Å². The van der Waals surface area contributed by atoms with E-state index >= 15 is 0 Å². The lowest BCUT2D eigenvalue weighted by atomic mass is 10.3. The minimum absolute atomic E-state index is 0.129. The first-order valence-corrected chi connectivity index (χ1v) is 4.64. The van der Waals surface area contributed by atoms with Crippen molar-refractivity contribution in [1.82, 2.24) is 14.8 Å². The molecule has 0 bridgehead atoms. The SMILES string of the molecule is NCc1ccc(-n2cc(C(=O)O)cn2)nc1. The van der Waals surface area contributed by atoms with Crippen molar-refractivity contribution in [1.29, 1.82) is 0 Å². The quantitative estimate of drug-likeness (QED) is 0.778. The summed E-state index contributed by atoms with van der Waals surface area (Å²) in [6.45, 7) is 0.423. The Kier molecular flexibility index (Phi) is 2.65. The van der Waals surface area contributed by atoms with Crippen LogP contribution in [0.3, 0.4) is 0 Å². The molecule has 0 amide bonds. The molecule has 0 saturated heterocycles. The molecule has 2 aromatic rings. The Hall–Kier alpha value is -2.21. The summed E-state index contributed by atoms with van der Waals surface area (Å²) in [4.78, 5) is 14.8. The highest BCUT2D eigenvalue weighted by molar-refractivity contribution is 5.86. The molecule has 16 heavy (non-hydrogen) atoms. The van der Waals surface area contributed by atoms with E-state index in [0.29, 0.717) is 12.4 Å². The zero-order valence-electron chi connectivity index (χ0n) is 8.37. The fraction of sp³-hybridized carbons (Fsp3) is 0.100. The van der Waals surface area contributed by atoms with Crippen LogP contribution in [0.25, 0.3) is 5.82 Å². The Morgan fingerprint density at radius 1 is 1.44 bits per heavy atom. The number of aromatic nitrogens is 3. The fourth-order valence-electron chi connectivity index (χ4n) is 1.23. The Bertz CT molecular complexity index is 504. The number of nitrogens with zero attached hydrogens (tertiary/aromatic N) is 3. The van der Waals surface area contributed by atoms with Crippen LogP contribution in [0.2, 0.25) is 0 Å². The summed E-state index contributed by atoms with van der Waals surface area (Å²) in [7, 11) is 0. The molecule has 82 valence electrons. The van der Waals surface area contributed by atoms with Gasteiger partial charge >= 0.3 is 5.97 Å². The van der Waals surface area contributed by atoms with E-state index in [2.05, 4.69) is 10.1 Å². The number of rotatable bonds is 3. The molecule has 0 aliphatic rings. The average Bonchev–Trinajstić information content (AvgIpc) is 2.78. The van der Waals surface area contributed by atoms with E-state index in [4.69, 9.17) is 10.8 Å². The number of carboxylic acids is 1. The van der Waals surface area contributed by atoms with Crippen LogP contribution in [0.15, 0.2) is 30.7 Å². The first kappa shape index (κ1) is 10.3.